The second-order valence-corrected chi connectivity index (χ2v) is 7.59. The fraction of sp³-hybridized carbons (Fsp3) is 0.333. The van der Waals surface area contributed by atoms with Crippen LogP contribution >= 0.6 is 22.6 Å². The Balaban J connectivity index is 2.03. The molecule has 2 heterocycles. The van der Waals surface area contributed by atoms with Gasteiger partial charge in [0.05, 0.1) is 23.9 Å². The van der Waals surface area contributed by atoms with Gasteiger partial charge in [0.15, 0.2) is 0 Å². The number of aliphatic hydroxyl groups is 1. The van der Waals surface area contributed by atoms with Crippen LogP contribution in [0.5, 0.6) is 0 Å². The zero-order valence-electron chi connectivity index (χ0n) is 14.8. The average Bonchev–Trinajstić information content (AvgIpc) is 2.60. The lowest BCUT2D eigenvalue weighted by atomic mass is 10.0. The number of benzene rings is 1. The highest BCUT2D eigenvalue weighted by Crippen LogP contribution is 2.29. The molecule has 0 saturated carbocycles. The minimum absolute atomic E-state index is 0.0264. The topological polar surface area (TPSA) is 83.8 Å². The summed E-state index contributed by atoms with van der Waals surface area (Å²) in [6, 6.07) is 6.04. The first-order valence-electron chi connectivity index (χ1n) is 8.35. The molecular weight excluding hydrogens is 468 g/mol. The number of nitrogens with one attached hydrogen (secondary N) is 1. The number of aromatic nitrogens is 1. The molecule has 0 aliphatic carbocycles. The van der Waals surface area contributed by atoms with Crippen molar-refractivity contribution in [3.63, 3.8) is 0 Å². The highest BCUT2D eigenvalue weighted by Gasteiger charge is 2.30. The summed E-state index contributed by atoms with van der Waals surface area (Å²) < 4.78 is 16.3. The van der Waals surface area contributed by atoms with Gasteiger partial charge in [-0.1, -0.05) is 0 Å². The van der Waals surface area contributed by atoms with Crippen LogP contribution in [0.3, 0.4) is 0 Å². The van der Waals surface area contributed by atoms with E-state index in [1.807, 2.05) is 22.6 Å². The maximum atomic E-state index is 14.3. The van der Waals surface area contributed by atoms with E-state index in [4.69, 9.17) is 4.84 Å². The van der Waals surface area contributed by atoms with Crippen LogP contribution in [-0.4, -0.2) is 39.9 Å². The Morgan fingerprint density at radius 1 is 1.37 bits per heavy atom. The Kier molecular flexibility index (Phi) is 5.82. The summed E-state index contributed by atoms with van der Waals surface area (Å²) in [5.41, 5.74) is 0.697. The van der Waals surface area contributed by atoms with Gasteiger partial charge in [-0.05, 0) is 59.7 Å². The Morgan fingerprint density at radius 3 is 2.78 bits per heavy atom. The molecule has 1 atom stereocenters. The highest BCUT2D eigenvalue weighted by atomic mass is 127. The van der Waals surface area contributed by atoms with Crippen molar-refractivity contribution in [2.24, 2.45) is 7.05 Å². The number of pyridine rings is 1. The first-order valence-corrected chi connectivity index (χ1v) is 9.43. The molecular formula is C18H19FIN3O4. The quantitative estimate of drug-likeness (QED) is 0.633. The molecule has 3 rings (SSSR count). The van der Waals surface area contributed by atoms with Crippen molar-refractivity contribution >= 4 is 40.0 Å². The predicted molar refractivity (Wildman–Crippen MR) is 106 cm³/mol. The van der Waals surface area contributed by atoms with E-state index in [-0.39, 0.29) is 35.8 Å². The van der Waals surface area contributed by atoms with Gasteiger partial charge in [-0.15, -0.1) is 0 Å². The van der Waals surface area contributed by atoms with E-state index in [9.17, 15) is 19.1 Å². The van der Waals surface area contributed by atoms with Crippen LogP contribution in [0, 0.1) is 9.39 Å². The van der Waals surface area contributed by atoms with Crippen LogP contribution in [-0.2, 0) is 18.3 Å². The number of hydroxylamine groups is 2. The molecule has 1 aromatic heterocycles. The Morgan fingerprint density at radius 2 is 2.11 bits per heavy atom. The summed E-state index contributed by atoms with van der Waals surface area (Å²) in [7, 11) is 1.51. The normalized spacial score (nSPS) is 14.9. The Labute approximate surface area is 168 Å². The van der Waals surface area contributed by atoms with Crippen molar-refractivity contribution in [1.29, 1.82) is 0 Å². The smallest absolute Gasteiger partial charge is 0.281 e. The van der Waals surface area contributed by atoms with Crippen LogP contribution in [0.2, 0.25) is 0 Å². The minimum Gasteiger partial charge on any atom is -0.391 e. The van der Waals surface area contributed by atoms with Gasteiger partial charge in [-0.2, -0.15) is 0 Å². The zero-order chi connectivity index (χ0) is 19.7. The van der Waals surface area contributed by atoms with Gasteiger partial charge in [0.1, 0.15) is 18.2 Å². The molecule has 1 aliphatic rings. The van der Waals surface area contributed by atoms with E-state index < -0.39 is 17.8 Å². The van der Waals surface area contributed by atoms with E-state index in [1.165, 1.54) is 23.7 Å². The number of halogens is 2. The van der Waals surface area contributed by atoms with E-state index >= 15 is 0 Å². The lowest BCUT2D eigenvalue weighted by molar-refractivity contribution is -0.144. The lowest BCUT2D eigenvalue weighted by Crippen LogP contribution is -2.41. The molecule has 0 saturated heterocycles. The zero-order valence-corrected chi connectivity index (χ0v) is 17.0. The molecule has 2 aromatic rings. The van der Waals surface area contributed by atoms with E-state index in [0.717, 1.165) is 8.63 Å². The summed E-state index contributed by atoms with van der Waals surface area (Å²) in [5, 5.41) is 13.4. The number of aliphatic hydroxyl groups excluding tert-OH is 1. The Bertz CT molecular complexity index is 945. The standard InChI is InChI=1S/C18H19FIN3O4/c1-10(24)9-27-23-6-5-11-7-15(25)22(2)17(16(11)18(23)26)21-14-4-3-12(20)8-13(14)19/h3-4,7-8,10,21,24H,5-6,9H2,1-2H3/t10-/m0/s1. The van der Waals surface area contributed by atoms with Gasteiger partial charge in [-0.3, -0.25) is 19.0 Å². The molecule has 0 bridgehead atoms. The summed E-state index contributed by atoms with van der Waals surface area (Å²) >= 11 is 2.00. The van der Waals surface area contributed by atoms with Crippen LogP contribution < -0.4 is 10.9 Å². The second-order valence-electron chi connectivity index (χ2n) is 6.34. The Hall–Kier alpha value is -1.98. The molecule has 7 nitrogen and oxygen atoms in total. The number of rotatable bonds is 5. The predicted octanol–water partition coefficient (Wildman–Crippen LogP) is 2.18. The van der Waals surface area contributed by atoms with Crippen LogP contribution in [0.4, 0.5) is 15.9 Å². The van der Waals surface area contributed by atoms with E-state index in [2.05, 4.69) is 5.32 Å². The average molecular weight is 487 g/mol. The molecule has 0 fully saturated rings. The number of hydrogen-bond acceptors (Lipinski definition) is 5. The molecule has 9 heteroatoms. The van der Waals surface area contributed by atoms with Crippen molar-refractivity contribution in [2.75, 3.05) is 18.5 Å². The second kappa shape index (κ2) is 7.95. The van der Waals surface area contributed by atoms with Crippen LogP contribution in [0.15, 0.2) is 29.1 Å². The van der Waals surface area contributed by atoms with Gasteiger partial charge in [0.2, 0.25) is 0 Å². The number of amides is 1. The van der Waals surface area contributed by atoms with Gasteiger partial charge >= 0.3 is 0 Å². The summed E-state index contributed by atoms with van der Waals surface area (Å²) in [6.07, 6.45) is -0.307. The summed E-state index contributed by atoms with van der Waals surface area (Å²) in [5.74, 6) is -0.730. The van der Waals surface area contributed by atoms with Crippen molar-refractivity contribution in [1.82, 2.24) is 9.63 Å². The molecule has 1 aliphatic heterocycles. The molecule has 0 spiro atoms. The first kappa shape index (κ1) is 19.8. The molecule has 144 valence electrons. The largest absolute Gasteiger partial charge is 0.391 e. The lowest BCUT2D eigenvalue weighted by Gasteiger charge is -2.30. The molecule has 0 unspecified atom stereocenters. The van der Waals surface area contributed by atoms with Crippen molar-refractivity contribution in [3.8, 4) is 0 Å². The number of carbonyl (C=O) groups excluding carboxylic acids is 1. The number of hydrogen-bond donors (Lipinski definition) is 2. The number of nitrogens with zero attached hydrogens (tertiary/aromatic N) is 2. The van der Waals surface area contributed by atoms with Crippen LogP contribution in [0.1, 0.15) is 22.8 Å². The van der Waals surface area contributed by atoms with Gasteiger partial charge in [-0.25, -0.2) is 9.45 Å². The van der Waals surface area contributed by atoms with Gasteiger partial charge in [0.25, 0.3) is 11.5 Å². The van der Waals surface area contributed by atoms with Crippen molar-refractivity contribution < 1.29 is 19.1 Å². The molecule has 1 aromatic carbocycles. The number of fused-ring (bicyclic) bond motifs is 1. The molecule has 2 N–H and O–H groups in total. The SMILES string of the molecule is C[C@H](O)CON1CCc2cc(=O)n(C)c(Nc3ccc(I)cc3F)c2C1=O. The van der Waals surface area contributed by atoms with Crippen molar-refractivity contribution in [2.45, 2.75) is 19.4 Å². The third-order valence-electron chi connectivity index (χ3n) is 4.20. The first-order chi connectivity index (χ1) is 12.8. The van der Waals surface area contributed by atoms with Crippen LogP contribution in [0.25, 0.3) is 0 Å². The monoisotopic (exact) mass is 487 g/mol. The van der Waals surface area contributed by atoms with E-state index in [0.29, 0.717) is 12.0 Å². The van der Waals surface area contributed by atoms with Gasteiger partial charge in [0, 0.05) is 16.7 Å². The van der Waals surface area contributed by atoms with E-state index in [1.54, 1.807) is 19.1 Å². The highest BCUT2D eigenvalue weighted by molar-refractivity contribution is 14.1. The molecule has 0 radical (unpaired) electrons. The molecule has 1 amide bonds. The maximum absolute atomic E-state index is 14.3. The summed E-state index contributed by atoms with van der Waals surface area (Å²) in [4.78, 5) is 30.6. The fourth-order valence-corrected chi connectivity index (χ4v) is 3.27. The third-order valence-corrected chi connectivity index (χ3v) is 4.87. The number of anilines is 2. The fourth-order valence-electron chi connectivity index (χ4n) is 2.82. The minimum atomic E-state index is -0.724. The van der Waals surface area contributed by atoms with Gasteiger partial charge < -0.3 is 10.4 Å². The summed E-state index contributed by atoms with van der Waals surface area (Å²) in [6.45, 7) is 1.79. The third kappa shape index (κ3) is 4.14. The maximum Gasteiger partial charge on any atom is 0.281 e. The molecule has 27 heavy (non-hydrogen) atoms. The van der Waals surface area contributed by atoms with Crippen molar-refractivity contribution in [3.05, 3.63) is 55.1 Å². The number of carbonyl (C=O) groups is 1.